The summed E-state index contributed by atoms with van der Waals surface area (Å²) in [6.07, 6.45) is 0.849. The number of amides is 1. The molecule has 2 aromatic carbocycles. The van der Waals surface area contributed by atoms with Gasteiger partial charge in [-0.2, -0.15) is 8.42 Å². The van der Waals surface area contributed by atoms with Gasteiger partial charge < -0.3 is 10.2 Å². The normalized spacial score (nSPS) is 15.1. The zero-order valence-electron chi connectivity index (χ0n) is 15.9. The third-order valence-electron chi connectivity index (χ3n) is 4.36. The molecule has 2 aromatic rings. The number of benzene rings is 2. The van der Waals surface area contributed by atoms with E-state index < -0.39 is 10.0 Å². The zero-order valence-corrected chi connectivity index (χ0v) is 16.7. The lowest BCUT2D eigenvalue weighted by atomic mass is 10.1. The summed E-state index contributed by atoms with van der Waals surface area (Å²) in [6, 6.07) is 10.5. The second-order valence-corrected chi connectivity index (χ2v) is 8.35. The lowest BCUT2D eigenvalue weighted by molar-refractivity contribution is 0.102. The Labute approximate surface area is 160 Å². The summed E-state index contributed by atoms with van der Waals surface area (Å²) >= 11 is 0. The van der Waals surface area contributed by atoms with Crippen molar-refractivity contribution in [3.63, 3.8) is 0 Å². The Hall–Kier alpha value is -2.67. The number of aryl methyl sites for hydroxylation is 2. The highest BCUT2D eigenvalue weighted by atomic mass is 32.2. The lowest BCUT2D eigenvalue weighted by Gasteiger charge is -2.29. The van der Waals surface area contributed by atoms with Crippen LogP contribution in [0.5, 0.6) is 0 Å². The van der Waals surface area contributed by atoms with Crippen molar-refractivity contribution >= 4 is 33.1 Å². The lowest BCUT2D eigenvalue weighted by Crippen LogP contribution is -2.34. The second kappa shape index (κ2) is 7.15. The van der Waals surface area contributed by atoms with E-state index >= 15 is 0 Å². The predicted molar refractivity (Wildman–Crippen MR) is 108 cm³/mol. The maximum atomic E-state index is 12.6. The minimum Gasteiger partial charge on any atom is -0.328 e. The van der Waals surface area contributed by atoms with E-state index in [1.54, 1.807) is 19.1 Å². The molecule has 1 heterocycles. The van der Waals surface area contributed by atoms with Crippen LogP contribution in [-0.4, -0.2) is 26.7 Å². The van der Waals surface area contributed by atoms with Gasteiger partial charge >= 0.3 is 0 Å². The smallest absolute Gasteiger partial charge is 0.286 e. The standard InChI is InChI=1S/C20H23N3O3S/c1-5-8-23-15(4)22-27(25,26)19-12-16(6-7-18(19)23)20(24)21-17-10-13(2)9-14(3)11-17/h6-7,9-12H,5,8H2,1-4H3,(H,21,24). The Morgan fingerprint density at radius 3 is 2.37 bits per heavy atom. The van der Waals surface area contributed by atoms with E-state index in [9.17, 15) is 13.2 Å². The number of hydrogen-bond acceptors (Lipinski definition) is 4. The molecule has 0 bridgehead atoms. The molecule has 0 spiro atoms. The molecule has 27 heavy (non-hydrogen) atoms. The number of sulfonamides is 1. The van der Waals surface area contributed by atoms with Crippen LogP contribution in [0, 0.1) is 13.8 Å². The summed E-state index contributed by atoms with van der Waals surface area (Å²) in [5.74, 6) is 0.0862. The van der Waals surface area contributed by atoms with Gasteiger partial charge in [0.25, 0.3) is 15.9 Å². The van der Waals surface area contributed by atoms with Gasteiger partial charge in [-0.15, -0.1) is 4.40 Å². The molecule has 6 nitrogen and oxygen atoms in total. The molecule has 0 unspecified atom stereocenters. The Kier molecular flexibility index (Phi) is 5.06. The number of nitrogens with one attached hydrogen (secondary N) is 1. The molecule has 1 aliphatic rings. The van der Waals surface area contributed by atoms with Crippen molar-refractivity contribution in [2.75, 3.05) is 16.8 Å². The van der Waals surface area contributed by atoms with Gasteiger partial charge in [0.05, 0.1) is 5.69 Å². The summed E-state index contributed by atoms with van der Waals surface area (Å²) in [4.78, 5) is 14.6. The molecule has 0 saturated heterocycles. The van der Waals surface area contributed by atoms with E-state index in [4.69, 9.17) is 0 Å². The van der Waals surface area contributed by atoms with Crippen LogP contribution in [0.15, 0.2) is 45.7 Å². The van der Waals surface area contributed by atoms with Gasteiger partial charge in [0.1, 0.15) is 10.7 Å². The summed E-state index contributed by atoms with van der Waals surface area (Å²) in [5, 5.41) is 2.84. The van der Waals surface area contributed by atoms with E-state index in [2.05, 4.69) is 9.71 Å². The minimum atomic E-state index is -3.82. The molecule has 1 aliphatic heterocycles. The molecule has 0 atom stereocenters. The van der Waals surface area contributed by atoms with Crippen LogP contribution < -0.4 is 10.2 Å². The monoisotopic (exact) mass is 385 g/mol. The largest absolute Gasteiger partial charge is 0.328 e. The first-order chi connectivity index (χ1) is 12.7. The minimum absolute atomic E-state index is 0.0645. The molecule has 0 radical (unpaired) electrons. The highest BCUT2D eigenvalue weighted by molar-refractivity contribution is 7.90. The Bertz CT molecular complexity index is 1020. The molecule has 0 aliphatic carbocycles. The van der Waals surface area contributed by atoms with Gasteiger partial charge in [-0.3, -0.25) is 4.79 Å². The Balaban J connectivity index is 1.97. The summed E-state index contributed by atoms with van der Waals surface area (Å²) in [7, 11) is -3.82. The van der Waals surface area contributed by atoms with Crippen molar-refractivity contribution in [2.24, 2.45) is 4.40 Å². The second-order valence-electron chi connectivity index (χ2n) is 6.78. The fourth-order valence-corrected chi connectivity index (χ4v) is 4.55. The van der Waals surface area contributed by atoms with E-state index in [-0.39, 0.29) is 16.4 Å². The maximum Gasteiger partial charge on any atom is 0.286 e. The van der Waals surface area contributed by atoms with Gasteiger partial charge in [-0.1, -0.05) is 13.0 Å². The van der Waals surface area contributed by atoms with Crippen LogP contribution in [0.4, 0.5) is 11.4 Å². The Morgan fingerprint density at radius 2 is 1.74 bits per heavy atom. The van der Waals surface area contributed by atoms with Gasteiger partial charge in [-0.05, 0) is 68.7 Å². The van der Waals surface area contributed by atoms with Gasteiger partial charge in [-0.25, -0.2) is 0 Å². The molecule has 142 valence electrons. The van der Waals surface area contributed by atoms with Crippen molar-refractivity contribution in [3.05, 3.63) is 53.1 Å². The first kappa shape index (κ1) is 19.1. The Morgan fingerprint density at radius 1 is 1.07 bits per heavy atom. The summed E-state index contributed by atoms with van der Waals surface area (Å²) < 4.78 is 28.9. The SMILES string of the molecule is CCCN1C(C)=NS(=O)(=O)c2cc(C(=O)Nc3cc(C)cc(C)c3)ccc21. The zero-order chi connectivity index (χ0) is 19.8. The number of anilines is 2. The fourth-order valence-electron chi connectivity index (χ4n) is 3.29. The van der Waals surface area contributed by atoms with Gasteiger partial charge in [0.15, 0.2) is 0 Å². The highest BCUT2D eigenvalue weighted by Gasteiger charge is 2.29. The topological polar surface area (TPSA) is 78.8 Å². The molecule has 1 amide bonds. The van der Waals surface area contributed by atoms with Crippen LogP contribution in [0.25, 0.3) is 0 Å². The molecular weight excluding hydrogens is 362 g/mol. The molecular formula is C20H23N3O3S. The molecule has 0 saturated carbocycles. The number of hydrogen-bond donors (Lipinski definition) is 1. The fraction of sp³-hybridized carbons (Fsp3) is 0.300. The predicted octanol–water partition coefficient (Wildman–Crippen LogP) is 3.89. The average molecular weight is 385 g/mol. The first-order valence-electron chi connectivity index (χ1n) is 8.84. The van der Waals surface area contributed by atoms with E-state index in [0.29, 0.717) is 23.8 Å². The maximum absolute atomic E-state index is 12.6. The molecule has 3 rings (SSSR count). The van der Waals surface area contributed by atoms with Crippen LogP contribution in [-0.2, 0) is 10.0 Å². The van der Waals surface area contributed by atoms with E-state index in [1.807, 2.05) is 43.9 Å². The van der Waals surface area contributed by atoms with E-state index in [1.165, 1.54) is 6.07 Å². The van der Waals surface area contributed by atoms with Crippen LogP contribution in [0.3, 0.4) is 0 Å². The number of fused-ring (bicyclic) bond motifs is 1. The van der Waals surface area contributed by atoms with Gasteiger partial charge in [0.2, 0.25) is 0 Å². The van der Waals surface area contributed by atoms with Crippen molar-refractivity contribution in [2.45, 2.75) is 39.0 Å². The summed E-state index contributed by atoms with van der Waals surface area (Å²) in [5.41, 5.74) is 3.60. The number of amidine groups is 1. The number of carbonyl (C=O) groups excluding carboxylic acids is 1. The van der Waals surface area contributed by atoms with Crippen LogP contribution in [0.2, 0.25) is 0 Å². The number of rotatable bonds is 4. The van der Waals surface area contributed by atoms with Crippen molar-refractivity contribution in [1.29, 1.82) is 0 Å². The number of carbonyl (C=O) groups is 1. The van der Waals surface area contributed by atoms with Crippen molar-refractivity contribution in [1.82, 2.24) is 0 Å². The molecule has 0 fully saturated rings. The highest BCUT2D eigenvalue weighted by Crippen LogP contribution is 2.32. The quantitative estimate of drug-likeness (QED) is 0.866. The van der Waals surface area contributed by atoms with Crippen molar-refractivity contribution in [3.8, 4) is 0 Å². The van der Waals surface area contributed by atoms with Crippen LogP contribution in [0.1, 0.15) is 41.8 Å². The first-order valence-corrected chi connectivity index (χ1v) is 10.3. The molecule has 0 aromatic heterocycles. The third kappa shape index (κ3) is 3.88. The van der Waals surface area contributed by atoms with Crippen LogP contribution >= 0.6 is 0 Å². The third-order valence-corrected chi connectivity index (χ3v) is 5.75. The molecule has 1 N–H and O–H groups in total. The average Bonchev–Trinajstić information content (AvgIpc) is 2.57. The van der Waals surface area contributed by atoms with Crippen molar-refractivity contribution < 1.29 is 13.2 Å². The van der Waals surface area contributed by atoms with E-state index in [0.717, 1.165) is 17.5 Å². The molecule has 7 heteroatoms. The summed E-state index contributed by atoms with van der Waals surface area (Å²) in [6.45, 7) is 8.26. The van der Waals surface area contributed by atoms with Gasteiger partial charge in [0, 0.05) is 17.8 Å². The number of nitrogens with zero attached hydrogens (tertiary/aromatic N) is 2.